The lowest BCUT2D eigenvalue weighted by Gasteiger charge is -2.36. The number of nitro benzene ring substituents is 1. The number of benzene rings is 2. The van der Waals surface area contributed by atoms with Crippen molar-refractivity contribution in [3.63, 3.8) is 0 Å². The summed E-state index contributed by atoms with van der Waals surface area (Å²) in [5, 5.41) is 16.3. The smallest absolute Gasteiger partial charge is 0.321 e. The number of carbonyl (C=O) groups excluding carboxylic acids is 2. The zero-order valence-electron chi connectivity index (χ0n) is 16.4. The number of urea groups is 1. The number of hydrogen-bond donors (Lipinski definition) is 2. The third kappa shape index (κ3) is 5.13. The van der Waals surface area contributed by atoms with Crippen molar-refractivity contribution in [1.29, 1.82) is 0 Å². The van der Waals surface area contributed by atoms with Crippen LogP contribution in [-0.2, 0) is 0 Å². The van der Waals surface area contributed by atoms with Gasteiger partial charge in [0, 0.05) is 61.8 Å². The number of nitro groups is 1. The molecule has 2 aromatic rings. The Balaban J connectivity index is 1.51. The first-order chi connectivity index (χ1) is 14.5. The summed E-state index contributed by atoms with van der Waals surface area (Å²) < 4.78 is 0. The van der Waals surface area contributed by atoms with Gasteiger partial charge in [0.1, 0.15) is 0 Å². The highest BCUT2D eigenvalue weighted by Crippen LogP contribution is 2.21. The van der Waals surface area contributed by atoms with Crippen molar-refractivity contribution in [2.24, 2.45) is 0 Å². The molecule has 156 valence electrons. The Morgan fingerprint density at radius 3 is 2.23 bits per heavy atom. The Morgan fingerprint density at radius 2 is 1.67 bits per heavy atom. The summed E-state index contributed by atoms with van der Waals surface area (Å²) in [4.78, 5) is 38.6. The maximum Gasteiger partial charge on any atom is 0.321 e. The van der Waals surface area contributed by atoms with Crippen LogP contribution in [0.25, 0.3) is 0 Å². The predicted octanol–water partition coefficient (Wildman–Crippen LogP) is 2.86. The Morgan fingerprint density at radius 1 is 1.03 bits per heavy atom. The number of hydrogen-bond acceptors (Lipinski definition) is 5. The van der Waals surface area contributed by atoms with Gasteiger partial charge in [-0.25, -0.2) is 4.79 Å². The van der Waals surface area contributed by atoms with E-state index in [0.717, 1.165) is 5.69 Å². The third-order valence-electron chi connectivity index (χ3n) is 4.80. The second kappa shape index (κ2) is 9.55. The van der Waals surface area contributed by atoms with E-state index >= 15 is 0 Å². The van der Waals surface area contributed by atoms with Gasteiger partial charge in [-0.15, -0.1) is 6.58 Å². The van der Waals surface area contributed by atoms with Gasteiger partial charge in [-0.05, 0) is 36.4 Å². The summed E-state index contributed by atoms with van der Waals surface area (Å²) in [6, 6.07) is 12.9. The number of non-ortho nitro benzene ring substituents is 1. The summed E-state index contributed by atoms with van der Waals surface area (Å²) >= 11 is 0. The normalized spacial score (nSPS) is 13.5. The van der Waals surface area contributed by atoms with Crippen molar-refractivity contribution in [3.05, 3.63) is 76.9 Å². The highest BCUT2D eigenvalue weighted by atomic mass is 16.6. The monoisotopic (exact) mass is 409 g/mol. The lowest BCUT2D eigenvalue weighted by Crippen LogP contribution is -2.50. The Bertz CT molecular complexity index is 919. The average molecular weight is 409 g/mol. The van der Waals surface area contributed by atoms with Gasteiger partial charge in [0.15, 0.2) is 0 Å². The SMILES string of the molecule is C=CCNC(=O)c1ccc(NC(=O)N2CCN(c3ccc([N+](=O)[O-])cc3)CC2)cc1. The summed E-state index contributed by atoms with van der Waals surface area (Å²) in [5.41, 5.74) is 2.07. The van der Waals surface area contributed by atoms with E-state index in [0.29, 0.717) is 44.0 Å². The van der Waals surface area contributed by atoms with Gasteiger partial charge in [0.05, 0.1) is 4.92 Å². The van der Waals surface area contributed by atoms with E-state index in [2.05, 4.69) is 22.1 Å². The van der Waals surface area contributed by atoms with E-state index in [1.54, 1.807) is 47.4 Å². The molecule has 0 saturated carbocycles. The van der Waals surface area contributed by atoms with Crippen LogP contribution >= 0.6 is 0 Å². The number of anilines is 2. The van der Waals surface area contributed by atoms with E-state index in [-0.39, 0.29) is 17.6 Å². The fourth-order valence-corrected chi connectivity index (χ4v) is 3.13. The molecule has 0 aliphatic carbocycles. The molecule has 0 aromatic heterocycles. The van der Waals surface area contributed by atoms with E-state index in [1.807, 2.05) is 0 Å². The van der Waals surface area contributed by atoms with Crippen LogP contribution in [0.3, 0.4) is 0 Å². The molecule has 0 unspecified atom stereocenters. The first-order valence-electron chi connectivity index (χ1n) is 9.52. The second-order valence-electron chi connectivity index (χ2n) is 6.75. The number of nitrogens with zero attached hydrogens (tertiary/aromatic N) is 3. The summed E-state index contributed by atoms with van der Waals surface area (Å²) in [5.74, 6) is -0.199. The molecule has 0 spiro atoms. The molecular weight excluding hydrogens is 386 g/mol. The summed E-state index contributed by atoms with van der Waals surface area (Å²) in [7, 11) is 0. The molecule has 0 atom stereocenters. The van der Waals surface area contributed by atoms with Crippen molar-refractivity contribution in [2.75, 3.05) is 42.9 Å². The van der Waals surface area contributed by atoms with E-state index in [4.69, 9.17) is 0 Å². The Hall–Kier alpha value is -3.88. The highest BCUT2D eigenvalue weighted by Gasteiger charge is 2.22. The second-order valence-corrected chi connectivity index (χ2v) is 6.75. The molecule has 0 radical (unpaired) electrons. The minimum atomic E-state index is -0.424. The average Bonchev–Trinajstić information content (AvgIpc) is 2.78. The molecule has 3 rings (SSSR count). The van der Waals surface area contributed by atoms with Crippen molar-refractivity contribution in [1.82, 2.24) is 10.2 Å². The summed E-state index contributed by atoms with van der Waals surface area (Å²) in [6.45, 7) is 6.28. The minimum Gasteiger partial charge on any atom is -0.368 e. The third-order valence-corrected chi connectivity index (χ3v) is 4.80. The largest absolute Gasteiger partial charge is 0.368 e. The fraction of sp³-hybridized carbons (Fsp3) is 0.238. The molecule has 9 heteroatoms. The van der Waals surface area contributed by atoms with E-state index < -0.39 is 4.92 Å². The van der Waals surface area contributed by atoms with Crippen molar-refractivity contribution < 1.29 is 14.5 Å². The highest BCUT2D eigenvalue weighted by molar-refractivity contribution is 5.95. The quantitative estimate of drug-likeness (QED) is 0.433. The van der Waals surface area contributed by atoms with Crippen molar-refractivity contribution in [2.45, 2.75) is 0 Å². The van der Waals surface area contributed by atoms with Crippen LogP contribution in [0.4, 0.5) is 21.9 Å². The van der Waals surface area contributed by atoms with Crippen molar-refractivity contribution in [3.8, 4) is 0 Å². The van der Waals surface area contributed by atoms with Crippen LogP contribution in [-0.4, -0.2) is 54.5 Å². The van der Waals surface area contributed by atoms with Crippen molar-refractivity contribution >= 4 is 29.0 Å². The Kier molecular flexibility index (Phi) is 6.63. The number of amides is 3. The standard InChI is InChI=1S/C21H23N5O4/c1-2-11-22-20(27)16-3-5-17(6-4-16)23-21(28)25-14-12-24(13-15-25)18-7-9-19(10-8-18)26(29)30/h2-10H,1,11-15H2,(H,22,27)(H,23,28). The number of carbonyl (C=O) groups is 2. The van der Waals surface area contributed by atoms with Gasteiger partial charge in [-0.2, -0.15) is 0 Å². The molecule has 1 saturated heterocycles. The van der Waals surface area contributed by atoms with Gasteiger partial charge in [-0.3, -0.25) is 14.9 Å². The number of nitrogens with one attached hydrogen (secondary N) is 2. The molecule has 3 amide bonds. The molecule has 30 heavy (non-hydrogen) atoms. The molecule has 2 aromatic carbocycles. The van der Waals surface area contributed by atoms with Crippen LogP contribution in [0.15, 0.2) is 61.2 Å². The molecule has 0 bridgehead atoms. The predicted molar refractivity (Wildman–Crippen MR) is 115 cm³/mol. The van der Waals surface area contributed by atoms with Gasteiger partial charge >= 0.3 is 6.03 Å². The maximum atomic E-state index is 12.5. The van der Waals surface area contributed by atoms with Crippen LogP contribution in [0.5, 0.6) is 0 Å². The van der Waals surface area contributed by atoms with Gasteiger partial charge < -0.3 is 20.4 Å². The van der Waals surface area contributed by atoms with Gasteiger partial charge in [-0.1, -0.05) is 6.08 Å². The number of rotatable bonds is 6. The lowest BCUT2D eigenvalue weighted by atomic mass is 10.2. The van der Waals surface area contributed by atoms with Gasteiger partial charge in [0.25, 0.3) is 11.6 Å². The molecule has 1 aliphatic rings. The molecule has 1 aliphatic heterocycles. The first-order valence-corrected chi connectivity index (χ1v) is 9.52. The van der Waals surface area contributed by atoms with Crippen LogP contribution in [0, 0.1) is 10.1 Å². The number of piperazine rings is 1. The zero-order valence-corrected chi connectivity index (χ0v) is 16.4. The van der Waals surface area contributed by atoms with Gasteiger partial charge in [0.2, 0.25) is 0 Å². The minimum absolute atomic E-state index is 0.0565. The van der Waals surface area contributed by atoms with Crippen LogP contribution in [0.1, 0.15) is 10.4 Å². The molecule has 1 fully saturated rings. The zero-order chi connectivity index (χ0) is 21.5. The fourth-order valence-electron chi connectivity index (χ4n) is 3.13. The molecular formula is C21H23N5O4. The maximum absolute atomic E-state index is 12.5. The van der Waals surface area contributed by atoms with Crippen LogP contribution in [0.2, 0.25) is 0 Å². The van der Waals surface area contributed by atoms with E-state index in [9.17, 15) is 19.7 Å². The molecule has 9 nitrogen and oxygen atoms in total. The first kappa shape index (κ1) is 20.8. The van der Waals surface area contributed by atoms with Crippen LogP contribution < -0.4 is 15.5 Å². The Labute approximate surface area is 174 Å². The molecule has 1 heterocycles. The topological polar surface area (TPSA) is 108 Å². The summed E-state index contributed by atoms with van der Waals surface area (Å²) in [6.07, 6.45) is 1.61. The molecule has 2 N–H and O–H groups in total. The van der Waals surface area contributed by atoms with E-state index in [1.165, 1.54) is 12.1 Å². The lowest BCUT2D eigenvalue weighted by molar-refractivity contribution is -0.384.